The lowest BCUT2D eigenvalue weighted by molar-refractivity contribution is 0.0218. The van der Waals surface area contributed by atoms with E-state index >= 15 is 0 Å². The molecule has 23 heavy (non-hydrogen) atoms. The average molecular weight is 328 g/mol. The zero-order chi connectivity index (χ0) is 17.2. The van der Waals surface area contributed by atoms with Gasteiger partial charge in [-0.1, -0.05) is 0 Å². The lowest BCUT2D eigenvalue weighted by atomic mass is 10.2. The number of piperazine rings is 1. The number of hydrogen-bond donors (Lipinski definition) is 0. The molecular formula is C15H22F2N4O2. The molecule has 0 saturated carbocycles. The minimum atomic E-state index is -2.63. The van der Waals surface area contributed by atoms with E-state index in [1.54, 1.807) is 4.90 Å². The zero-order valence-electron chi connectivity index (χ0n) is 13.8. The molecule has 8 heteroatoms. The van der Waals surface area contributed by atoms with Gasteiger partial charge in [-0.3, -0.25) is 0 Å². The van der Waals surface area contributed by atoms with Crippen LogP contribution in [0.15, 0.2) is 12.4 Å². The van der Waals surface area contributed by atoms with Crippen molar-refractivity contribution in [3.05, 3.63) is 18.1 Å². The largest absolute Gasteiger partial charge is 0.444 e. The fraction of sp³-hybridized carbons (Fsp3) is 0.667. The van der Waals surface area contributed by atoms with E-state index in [9.17, 15) is 13.6 Å². The van der Waals surface area contributed by atoms with E-state index in [2.05, 4.69) is 9.97 Å². The molecule has 0 radical (unpaired) electrons. The number of nitrogens with zero attached hydrogens (tertiary/aromatic N) is 4. The van der Waals surface area contributed by atoms with Gasteiger partial charge in [-0.2, -0.15) is 0 Å². The van der Waals surface area contributed by atoms with Crippen molar-refractivity contribution in [2.75, 3.05) is 24.5 Å². The first-order valence-corrected chi connectivity index (χ1v) is 7.52. The fourth-order valence-electron chi connectivity index (χ4n) is 2.43. The number of anilines is 1. The molecule has 1 aliphatic rings. The van der Waals surface area contributed by atoms with E-state index < -0.39 is 12.0 Å². The Balaban J connectivity index is 2.04. The van der Waals surface area contributed by atoms with Gasteiger partial charge in [-0.25, -0.2) is 23.5 Å². The Morgan fingerprint density at radius 2 is 2.04 bits per heavy atom. The molecule has 0 N–H and O–H groups in total. The third-order valence-electron chi connectivity index (χ3n) is 3.47. The van der Waals surface area contributed by atoms with E-state index in [1.165, 1.54) is 6.07 Å². The minimum absolute atomic E-state index is 0.0586. The van der Waals surface area contributed by atoms with Gasteiger partial charge in [-0.15, -0.1) is 0 Å². The van der Waals surface area contributed by atoms with Crippen LogP contribution in [-0.4, -0.2) is 52.2 Å². The molecule has 0 spiro atoms. The molecule has 0 unspecified atom stereocenters. The highest BCUT2D eigenvalue weighted by Gasteiger charge is 2.30. The molecule has 1 aromatic heterocycles. The first kappa shape index (κ1) is 17.4. The lowest BCUT2D eigenvalue weighted by Gasteiger charge is -2.40. The van der Waals surface area contributed by atoms with Crippen LogP contribution < -0.4 is 4.90 Å². The molecule has 1 amide bonds. The number of rotatable bonds is 2. The summed E-state index contributed by atoms with van der Waals surface area (Å²) in [6.07, 6.45) is -1.85. The van der Waals surface area contributed by atoms with Gasteiger partial charge in [0.1, 0.15) is 23.4 Å². The van der Waals surface area contributed by atoms with Crippen molar-refractivity contribution in [1.82, 2.24) is 14.9 Å². The second kappa shape index (κ2) is 6.64. The number of amides is 1. The third kappa shape index (κ3) is 4.49. The van der Waals surface area contributed by atoms with Gasteiger partial charge in [-0.05, 0) is 27.7 Å². The number of carbonyl (C=O) groups is 1. The molecule has 0 aliphatic carbocycles. The van der Waals surface area contributed by atoms with Crippen molar-refractivity contribution in [2.24, 2.45) is 0 Å². The SMILES string of the molecule is C[C@H]1CN(C(=O)OC(C)(C)C)CCN1c1cc(C(F)F)ncn1. The zero-order valence-corrected chi connectivity index (χ0v) is 13.8. The average Bonchev–Trinajstić information content (AvgIpc) is 2.45. The van der Waals surface area contributed by atoms with Gasteiger partial charge in [0.15, 0.2) is 0 Å². The number of halogens is 2. The lowest BCUT2D eigenvalue weighted by Crippen LogP contribution is -2.54. The molecule has 1 fully saturated rings. The molecule has 6 nitrogen and oxygen atoms in total. The van der Waals surface area contributed by atoms with Crippen molar-refractivity contribution in [3.63, 3.8) is 0 Å². The van der Waals surface area contributed by atoms with Crippen LogP contribution in [0.5, 0.6) is 0 Å². The standard InChI is InChI=1S/C15H22F2N4O2/c1-10-8-20(14(22)23-15(2,3)4)5-6-21(10)12-7-11(13(16)17)18-9-19-12/h7,9-10,13H,5-6,8H2,1-4H3/t10-/m0/s1. The summed E-state index contributed by atoms with van der Waals surface area (Å²) in [6.45, 7) is 8.77. The summed E-state index contributed by atoms with van der Waals surface area (Å²) in [5.74, 6) is 0.451. The van der Waals surface area contributed by atoms with Crippen molar-refractivity contribution in [2.45, 2.75) is 45.8 Å². The summed E-state index contributed by atoms with van der Waals surface area (Å²) in [5, 5.41) is 0. The quantitative estimate of drug-likeness (QED) is 0.835. The summed E-state index contributed by atoms with van der Waals surface area (Å²) >= 11 is 0. The van der Waals surface area contributed by atoms with E-state index in [0.29, 0.717) is 25.5 Å². The molecule has 2 heterocycles. The van der Waals surface area contributed by atoms with Crippen LogP contribution in [0.2, 0.25) is 0 Å². The van der Waals surface area contributed by atoms with Crippen LogP contribution in [0.1, 0.15) is 39.8 Å². The highest BCUT2D eigenvalue weighted by molar-refractivity contribution is 5.68. The van der Waals surface area contributed by atoms with E-state index in [0.717, 1.165) is 6.33 Å². The van der Waals surface area contributed by atoms with Crippen LogP contribution in [0.25, 0.3) is 0 Å². The molecule has 1 saturated heterocycles. The number of carbonyl (C=O) groups excluding carboxylic acids is 1. The molecule has 2 rings (SSSR count). The topological polar surface area (TPSA) is 58.6 Å². The maximum atomic E-state index is 12.8. The smallest absolute Gasteiger partial charge is 0.410 e. The number of hydrogen-bond acceptors (Lipinski definition) is 5. The normalized spacial score (nSPS) is 19.2. The molecular weight excluding hydrogens is 306 g/mol. The first-order chi connectivity index (χ1) is 10.7. The van der Waals surface area contributed by atoms with Gasteiger partial charge < -0.3 is 14.5 Å². The number of alkyl halides is 2. The molecule has 0 bridgehead atoms. The predicted octanol–water partition coefficient (Wildman–Crippen LogP) is 2.86. The van der Waals surface area contributed by atoms with Gasteiger partial charge >= 0.3 is 6.09 Å². The van der Waals surface area contributed by atoms with E-state index in [-0.39, 0.29) is 17.8 Å². The fourth-order valence-corrected chi connectivity index (χ4v) is 2.43. The summed E-state index contributed by atoms with van der Waals surface area (Å²) in [6, 6.07) is 1.24. The summed E-state index contributed by atoms with van der Waals surface area (Å²) in [4.78, 5) is 23.3. The van der Waals surface area contributed by atoms with Crippen molar-refractivity contribution in [3.8, 4) is 0 Å². The Kier molecular flexibility index (Phi) is 5.01. The van der Waals surface area contributed by atoms with E-state index in [1.807, 2.05) is 32.6 Å². The van der Waals surface area contributed by atoms with Crippen LogP contribution >= 0.6 is 0 Å². The Morgan fingerprint density at radius 3 is 2.61 bits per heavy atom. The Morgan fingerprint density at radius 1 is 1.35 bits per heavy atom. The monoisotopic (exact) mass is 328 g/mol. The summed E-state index contributed by atoms with van der Waals surface area (Å²) in [5.41, 5.74) is -0.840. The first-order valence-electron chi connectivity index (χ1n) is 7.52. The Labute approximate surface area is 134 Å². The van der Waals surface area contributed by atoms with Gasteiger partial charge in [0.25, 0.3) is 6.43 Å². The Bertz CT molecular complexity index is 563. The summed E-state index contributed by atoms with van der Waals surface area (Å²) in [7, 11) is 0. The van der Waals surface area contributed by atoms with Gasteiger partial charge in [0.05, 0.1) is 0 Å². The second-order valence-corrected chi connectivity index (χ2v) is 6.57. The summed E-state index contributed by atoms with van der Waals surface area (Å²) < 4.78 is 30.9. The van der Waals surface area contributed by atoms with Crippen LogP contribution in [0.3, 0.4) is 0 Å². The maximum Gasteiger partial charge on any atom is 0.410 e. The molecule has 1 aliphatic heterocycles. The number of ether oxygens (including phenoxy) is 1. The second-order valence-electron chi connectivity index (χ2n) is 6.57. The van der Waals surface area contributed by atoms with Gasteiger partial charge in [0.2, 0.25) is 0 Å². The predicted molar refractivity (Wildman–Crippen MR) is 81.6 cm³/mol. The molecule has 1 atom stereocenters. The van der Waals surface area contributed by atoms with Gasteiger partial charge in [0, 0.05) is 31.7 Å². The number of aromatic nitrogens is 2. The van der Waals surface area contributed by atoms with Crippen molar-refractivity contribution < 1.29 is 18.3 Å². The highest BCUT2D eigenvalue weighted by atomic mass is 19.3. The van der Waals surface area contributed by atoms with Crippen LogP contribution in [-0.2, 0) is 4.74 Å². The highest BCUT2D eigenvalue weighted by Crippen LogP contribution is 2.23. The molecule has 128 valence electrons. The minimum Gasteiger partial charge on any atom is -0.444 e. The Hall–Kier alpha value is -1.99. The van der Waals surface area contributed by atoms with Crippen molar-refractivity contribution >= 4 is 11.9 Å². The van der Waals surface area contributed by atoms with Crippen LogP contribution in [0.4, 0.5) is 19.4 Å². The van der Waals surface area contributed by atoms with Crippen molar-refractivity contribution in [1.29, 1.82) is 0 Å². The third-order valence-corrected chi connectivity index (χ3v) is 3.47. The van der Waals surface area contributed by atoms with Crippen LogP contribution in [0, 0.1) is 0 Å². The molecule has 1 aromatic rings. The van der Waals surface area contributed by atoms with E-state index in [4.69, 9.17) is 4.74 Å². The molecule has 0 aromatic carbocycles. The maximum absolute atomic E-state index is 12.8.